The lowest BCUT2D eigenvalue weighted by molar-refractivity contribution is 1.13. The second kappa shape index (κ2) is 4.72. The van der Waals surface area contributed by atoms with Crippen LogP contribution in [0.5, 0.6) is 0 Å². The third kappa shape index (κ3) is 2.56. The van der Waals surface area contributed by atoms with Gasteiger partial charge in [0.25, 0.3) is 0 Å². The molecule has 3 nitrogen and oxygen atoms in total. The molecule has 88 valence electrons. The maximum Gasteiger partial charge on any atom is 0.138 e. The van der Waals surface area contributed by atoms with E-state index >= 15 is 0 Å². The van der Waals surface area contributed by atoms with Gasteiger partial charge in [0.15, 0.2) is 0 Å². The molecule has 0 atom stereocenters. The van der Waals surface area contributed by atoms with Crippen molar-refractivity contribution in [1.82, 2.24) is 9.97 Å². The van der Waals surface area contributed by atoms with Crippen molar-refractivity contribution >= 4 is 23.1 Å². The third-order valence-electron chi connectivity index (χ3n) is 2.67. The summed E-state index contributed by atoms with van der Waals surface area (Å²) in [6.07, 6.45) is 1.46. The zero-order chi connectivity index (χ0) is 12.4. The number of hydrogen-bond acceptors (Lipinski definition) is 3. The Balaban J connectivity index is 2.38. The first-order chi connectivity index (χ1) is 8.08. The van der Waals surface area contributed by atoms with Crippen LogP contribution in [0, 0.1) is 20.8 Å². The van der Waals surface area contributed by atoms with Crippen molar-refractivity contribution in [3.05, 3.63) is 46.4 Å². The number of hydrogen-bond donors (Lipinski definition) is 1. The molecule has 17 heavy (non-hydrogen) atoms. The molecule has 0 saturated carbocycles. The highest BCUT2D eigenvalue weighted by atomic mass is 35.5. The fourth-order valence-electron chi connectivity index (χ4n) is 1.55. The van der Waals surface area contributed by atoms with E-state index in [9.17, 15) is 0 Å². The van der Waals surface area contributed by atoms with E-state index in [1.54, 1.807) is 0 Å². The minimum Gasteiger partial charge on any atom is -0.340 e. The van der Waals surface area contributed by atoms with Crippen LogP contribution in [0.2, 0.25) is 5.15 Å². The van der Waals surface area contributed by atoms with Crippen LogP contribution in [-0.4, -0.2) is 9.97 Å². The summed E-state index contributed by atoms with van der Waals surface area (Å²) in [6.45, 7) is 6.01. The number of benzene rings is 1. The van der Waals surface area contributed by atoms with E-state index in [0.29, 0.717) is 5.15 Å². The summed E-state index contributed by atoms with van der Waals surface area (Å²) in [6, 6.07) is 6.25. The Morgan fingerprint density at radius 3 is 2.65 bits per heavy atom. The molecule has 0 aliphatic carbocycles. The van der Waals surface area contributed by atoms with Crippen molar-refractivity contribution in [3.8, 4) is 0 Å². The van der Waals surface area contributed by atoms with Gasteiger partial charge in [-0.1, -0.05) is 23.7 Å². The molecule has 0 amide bonds. The smallest absolute Gasteiger partial charge is 0.138 e. The average molecular weight is 248 g/mol. The van der Waals surface area contributed by atoms with Gasteiger partial charge in [0.1, 0.15) is 17.3 Å². The lowest BCUT2D eigenvalue weighted by atomic mass is 10.1. The number of anilines is 2. The number of halogens is 1. The number of nitrogens with one attached hydrogen (secondary N) is 1. The fraction of sp³-hybridized carbons (Fsp3) is 0.231. The molecule has 0 radical (unpaired) electrons. The predicted molar refractivity (Wildman–Crippen MR) is 71.0 cm³/mol. The maximum atomic E-state index is 5.96. The Kier molecular flexibility index (Phi) is 3.29. The van der Waals surface area contributed by atoms with Crippen molar-refractivity contribution in [2.75, 3.05) is 5.32 Å². The summed E-state index contributed by atoms with van der Waals surface area (Å²) in [5.41, 5.74) is 4.28. The number of aromatic nitrogens is 2. The lowest BCUT2D eigenvalue weighted by Crippen LogP contribution is -2.00. The summed E-state index contributed by atoms with van der Waals surface area (Å²) in [5, 5.41) is 3.77. The van der Waals surface area contributed by atoms with Crippen LogP contribution in [-0.2, 0) is 0 Å². The largest absolute Gasteiger partial charge is 0.340 e. The molecule has 0 unspecified atom stereocenters. The number of rotatable bonds is 2. The van der Waals surface area contributed by atoms with Crippen LogP contribution in [0.1, 0.15) is 16.7 Å². The van der Waals surface area contributed by atoms with Gasteiger partial charge in [-0.05, 0) is 38.0 Å². The third-order valence-corrected chi connectivity index (χ3v) is 3.05. The second-order valence-electron chi connectivity index (χ2n) is 4.08. The zero-order valence-corrected chi connectivity index (χ0v) is 10.8. The topological polar surface area (TPSA) is 37.8 Å². The van der Waals surface area contributed by atoms with Crippen LogP contribution >= 0.6 is 11.6 Å². The minimum atomic E-state index is 0.479. The molecule has 1 aromatic carbocycles. The Labute approximate surface area is 106 Å². The average Bonchev–Trinajstić information content (AvgIpc) is 2.30. The van der Waals surface area contributed by atoms with Crippen molar-refractivity contribution in [2.24, 2.45) is 0 Å². The molecule has 0 bridgehead atoms. The Morgan fingerprint density at radius 2 is 1.88 bits per heavy atom. The molecule has 2 rings (SSSR count). The highest BCUT2D eigenvalue weighted by molar-refractivity contribution is 6.30. The number of aryl methyl sites for hydroxylation is 2. The van der Waals surface area contributed by atoms with E-state index in [4.69, 9.17) is 11.6 Å². The van der Waals surface area contributed by atoms with E-state index in [-0.39, 0.29) is 0 Å². The summed E-state index contributed by atoms with van der Waals surface area (Å²) < 4.78 is 0. The van der Waals surface area contributed by atoms with E-state index in [2.05, 4.69) is 47.3 Å². The van der Waals surface area contributed by atoms with Crippen LogP contribution in [0.15, 0.2) is 24.5 Å². The van der Waals surface area contributed by atoms with Gasteiger partial charge in [0, 0.05) is 11.3 Å². The Hall–Kier alpha value is -1.61. The molecule has 1 N–H and O–H groups in total. The van der Waals surface area contributed by atoms with Gasteiger partial charge in [-0.3, -0.25) is 0 Å². The van der Waals surface area contributed by atoms with Crippen LogP contribution in [0.3, 0.4) is 0 Å². The molecule has 0 saturated heterocycles. The number of nitrogens with zero attached hydrogens (tertiary/aromatic N) is 2. The molecular weight excluding hydrogens is 234 g/mol. The predicted octanol–water partition coefficient (Wildman–Crippen LogP) is 3.80. The Morgan fingerprint density at radius 1 is 1.12 bits per heavy atom. The molecule has 0 aliphatic rings. The summed E-state index contributed by atoms with van der Waals surface area (Å²) in [5.74, 6) is 0.749. The standard InChI is InChI=1S/C13H14ClN3/c1-8-4-5-9(2)11(6-8)17-13-10(3)12(14)15-7-16-13/h4-7H,1-3H3,(H,15,16,17). The van der Waals surface area contributed by atoms with E-state index in [1.165, 1.54) is 17.5 Å². The molecule has 0 spiro atoms. The van der Waals surface area contributed by atoms with Gasteiger partial charge in [0.2, 0.25) is 0 Å². The fourth-order valence-corrected chi connectivity index (χ4v) is 1.69. The van der Waals surface area contributed by atoms with E-state index in [1.807, 2.05) is 6.92 Å². The first-order valence-corrected chi connectivity index (χ1v) is 5.77. The van der Waals surface area contributed by atoms with Crippen molar-refractivity contribution in [2.45, 2.75) is 20.8 Å². The lowest BCUT2D eigenvalue weighted by Gasteiger charge is -2.11. The van der Waals surface area contributed by atoms with Crippen LogP contribution in [0.4, 0.5) is 11.5 Å². The van der Waals surface area contributed by atoms with E-state index < -0.39 is 0 Å². The SMILES string of the molecule is Cc1ccc(C)c(Nc2ncnc(Cl)c2C)c1. The van der Waals surface area contributed by atoms with Crippen molar-refractivity contribution < 1.29 is 0 Å². The molecular formula is C13H14ClN3. The molecule has 0 fully saturated rings. The zero-order valence-electron chi connectivity index (χ0n) is 10.1. The quantitative estimate of drug-likeness (QED) is 0.821. The highest BCUT2D eigenvalue weighted by Crippen LogP contribution is 2.24. The summed E-state index contributed by atoms with van der Waals surface area (Å²) >= 11 is 5.96. The second-order valence-corrected chi connectivity index (χ2v) is 4.44. The van der Waals surface area contributed by atoms with Gasteiger partial charge in [-0.25, -0.2) is 9.97 Å². The first-order valence-electron chi connectivity index (χ1n) is 5.39. The van der Waals surface area contributed by atoms with Crippen LogP contribution in [0.25, 0.3) is 0 Å². The van der Waals surface area contributed by atoms with Gasteiger partial charge >= 0.3 is 0 Å². The molecule has 1 aromatic heterocycles. The van der Waals surface area contributed by atoms with Crippen molar-refractivity contribution in [3.63, 3.8) is 0 Å². The molecule has 0 aliphatic heterocycles. The normalized spacial score (nSPS) is 10.4. The first kappa shape index (κ1) is 11.9. The monoisotopic (exact) mass is 247 g/mol. The van der Waals surface area contributed by atoms with Crippen LogP contribution < -0.4 is 5.32 Å². The minimum absolute atomic E-state index is 0.479. The van der Waals surface area contributed by atoms with Gasteiger partial charge in [-0.2, -0.15) is 0 Å². The van der Waals surface area contributed by atoms with Gasteiger partial charge in [0.05, 0.1) is 0 Å². The van der Waals surface area contributed by atoms with Crippen molar-refractivity contribution in [1.29, 1.82) is 0 Å². The molecule has 4 heteroatoms. The maximum absolute atomic E-state index is 5.96. The summed E-state index contributed by atoms with van der Waals surface area (Å²) in [4.78, 5) is 8.13. The molecule has 1 heterocycles. The van der Waals surface area contributed by atoms with E-state index in [0.717, 1.165) is 17.1 Å². The van der Waals surface area contributed by atoms with Gasteiger partial charge in [-0.15, -0.1) is 0 Å². The summed E-state index contributed by atoms with van der Waals surface area (Å²) in [7, 11) is 0. The Bertz CT molecular complexity index is 552. The molecule has 2 aromatic rings. The van der Waals surface area contributed by atoms with Gasteiger partial charge < -0.3 is 5.32 Å². The highest BCUT2D eigenvalue weighted by Gasteiger charge is 2.06.